The Balaban J connectivity index is 1.88. The van der Waals surface area contributed by atoms with Gasteiger partial charge in [-0.15, -0.1) is 0 Å². The van der Waals surface area contributed by atoms with Crippen molar-refractivity contribution in [1.29, 1.82) is 0 Å². The fourth-order valence-corrected chi connectivity index (χ4v) is 2.49. The second-order valence-electron chi connectivity index (χ2n) is 4.69. The Kier molecular flexibility index (Phi) is 3.59. The molecule has 0 aromatic carbocycles. The molecule has 0 bridgehead atoms. The number of hydrogen-bond donors (Lipinski definition) is 2. The van der Waals surface area contributed by atoms with Crippen molar-refractivity contribution in [1.82, 2.24) is 10.2 Å². The lowest BCUT2D eigenvalue weighted by Gasteiger charge is -2.34. The van der Waals surface area contributed by atoms with E-state index in [9.17, 15) is 4.79 Å². The molecule has 2 fully saturated rings. The molecule has 2 aliphatic rings. The molecule has 2 saturated heterocycles. The monoisotopic (exact) mass is 211 g/mol. The predicted molar refractivity (Wildman–Crippen MR) is 59.4 cm³/mol. The molecule has 4 nitrogen and oxygen atoms in total. The molecule has 2 rings (SSSR count). The van der Waals surface area contributed by atoms with Crippen LogP contribution in [0, 0.1) is 0 Å². The zero-order valence-electron chi connectivity index (χ0n) is 9.24. The molecular formula is C11H21N3O. The first-order chi connectivity index (χ1) is 7.27. The van der Waals surface area contributed by atoms with Gasteiger partial charge in [0.15, 0.2) is 0 Å². The average molecular weight is 211 g/mol. The molecule has 0 unspecified atom stereocenters. The third-order valence-corrected chi connectivity index (χ3v) is 3.38. The third-order valence-electron chi connectivity index (χ3n) is 3.38. The summed E-state index contributed by atoms with van der Waals surface area (Å²) in [6.07, 6.45) is 5.47. The third kappa shape index (κ3) is 2.69. The molecule has 2 heterocycles. The van der Waals surface area contributed by atoms with Crippen LogP contribution in [0.2, 0.25) is 0 Å². The Morgan fingerprint density at radius 2 is 2.13 bits per heavy atom. The summed E-state index contributed by atoms with van der Waals surface area (Å²) in [6, 6.07) is 0.246. The maximum atomic E-state index is 12.1. The number of amides is 1. The number of rotatable bonds is 1. The molecule has 0 radical (unpaired) electrons. The van der Waals surface area contributed by atoms with Crippen molar-refractivity contribution in [3.8, 4) is 0 Å². The van der Waals surface area contributed by atoms with Crippen LogP contribution in [0.4, 0.5) is 0 Å². The highest BCUT2D eigenvalue weighted by Gasteiger charge is 2.28. The van der Waals surface area contributed by atoms with Crippen molar-refractivity contribution >= 4 is 5.91 Å². The molecule has 0 aromatic heterocycles. The maximum absolute atomic E-state index is 12.1. The predicted octanol–water partition coefficient (Wildman–Crippen LogP) is 0.0782. The van der Waals surface area contributed by atoms with Crippen LogP contribution >= 0.6 is 0 Å². The van der Waals surface area contributed by atoms with Gasteiger partial charge in [0.05, 0.1) is 6.04 Å². The Hall–Kier alpha value is -0.610. The summed E-state index contributed by atoms with van der Waals surface area (Å²) in [5, 5.41) is 3.30. The molecule has 15 heavy (non-hydrogen) atoms. The zero-order chi connectivity index (χ0) is 10.7. The van der Waals surface area contributed by atoms with Crippen LogP contribution < -0.4 is 11.1 Å². The number of carbonyl (C=O) groups is 1. The van der Waals surface area contributed by atoms with Crippen LogP contribution in [0.25, 0.3) is 0 Å². The van der Waals surface area contributed by atoms with E-state index in [-0.39, 0.29) is 18.0 Å². The lowest BCUT2D eigenvalue weighted by Crippen LogP contribution is -2.53. The number of nitrogens with two attached hydrogens (primary N) is 1. The highest BCUT2D eigenvalue weighted by atomic mass is 16.2. The normalized spacial score (nSPS) is 32.7. The number of nitrogens with zero attached hydrogens (tertiary/aromatic N) is 1. The van der Waals surface area contributed by atoms with Crippen molar-refractivity contribution in [2.24, 2.45) is 5.73 Å². The number of likely N-dealkylation sites (tertiary alicyclic amines) is 1. The van der Waals surface area contributed by atoms with Crippen LogP contribution in [0.3, 0.4) is 0 Å². The quantitative estimate of drug-likeness (QED) is 0.645. The van der Waals surface area contributed by atoms with Gasteiger partial charge in [0.2, 0.25) is 5.91 Å². The maximum Gasteiger partial charge on any atom is 0.239 e. The Morgan fingerprint density at radius 3 is 2.80 bits per heavy atom. The van der Waals surface area contributed by atoms with Gasteiger partial charge < -0.3 is 16.0 Å². The molecular weight excluding hydrogens is 190 g/mol. The summed E-state index contributed by atoms with van der Waals surface area (Å²) in [6.45, 7) is 2.62. The van der Waals surface area contributed by atoms with Gasteiger partial charge in [0.25, 0.3) is 0 Å². The van der Waals surface area contributed by atoms with Gasteiger partial charge in [-0.1, -0.05) is 6.42 Å². The van der Waals surface area contributed by atoms with E-state index in [4.69, 9.17) is 5.73 Å². The summed E-state index contributed by atoms with van der Waals surface area (Å²) in [5.74, 6) is 0.268. The van der Waals surface area contributed by atoms with Crippen LogP contribution in [-0.4, -0.2) is 42.5 Å². The van der Waals surface area contributed by atoms with Crippen molar-refractivity contribution in [2.45, 2.75) is 44.2 Å². The first-order valence-electron chi connectivity index (χ1n) is 6.05. The number of carbonyl (C=O) groups excluding carboxylic acids is 1. The second-order valence-corrected chi connectivity index (χ2v) is 4.69. The minimum Gasteiger partial charge on any atom is -0.340 e. The van der Waals surface area contributed by atoms with Crippen molar-refractivity contribution < 1.29 is 4.79 Å². The largest absolute Gasteiger partial charge is 0.340 e. The zero-order valence-corrected chi connectivity index (χ0v) is 9.24. The molecule has 4 heteroatoms. The summed E-state index contributed by atoms with van der Waals surface area (Å²) < 4.78 is 0. The van der Waals surface area contributed by atoms with E-state index in [1.165, 1.54) is 12.8 Å². The lowest BCUT2D eigenvalue weighted by molar-refractivity contribution is -0.135. The topological polar surface area (TPSA) is 58.4 Å². The fourth-order valence-electron chi connectivity index (χ4n) is 2.49. The van der Waals surface area contributed by atoms with Crippen LogP contribution in [-0.2, 0) is 4.79 Å². The Morgan fingerprint density at radius 1 is 1.27 bits per heavy atom. The van der Waals surface area contributed by atoms with Gasteiger partial charge in [-0.25, -0.2) is 0 Å². The molecule has 1 amide bonds. The summed E-state index contributed by atoms with van der Waals surface area (Å²) in [7, 11) is 0. The average Bonchev–Trinajstić information content (AvgIpc) is 2.29. The van der Waals surface area contributed by atoms with Gasteiger partial charge in [-0.2, -0.15) is 0 Å². The molecule has 3 N–H and O–H groups in total. The molecule has 0 saturated carbocycles. The molecule has 2 aliphatic heterocycles. The minimum atomic E-state index is 0.0593. The summed E-state index contributed by atoms with van der Waals surface area (Å²) in [4.78, 5) is 14.0. The molecule has 0 spiro atoms. The van der Waals surface area contributed by atoms with E-state index in [0.29, 0.717) is 0 Å². The lowest BCUT2D eigenvalue weighted by atomic mass is 10.0. The van der Waals surface area contributed by atoms with Crippen molar-refractivity contribution in [3.05, 3.63) is 0 Å². The van der Waals surface area contributed by atoms with Crippen molar-refractivity contribution in [2.75, 3.05) is 19.6 Å². The van der Waals surface area contributed by atoms with E-state index in [0.717, 1.165) is 38.9 Å². The molecule has 0 aromatic rings. The van der Waals surface area contributed by atoms with Crippen LogP contribution in [0.1, 0.15) is 32.1 Å². The van der Waals surface area contributed by atoms with Crippen LogP contribution in [0.15, 0.2) is 0 Å². The molecule has 86 valence electrons. The second kappa shape index (κ2) is 4.94. The summed E-state index contributed by atoms with van der Waals surface area (Å²) >= 11 is 0. The number of piperidine rings is 2. The summed E-state index contributed by atoms with van der Waals surface area (Å²) in [5.41, 5.74) is 5.88. The number of nitrogens with one attached hydrogen (secondary N) is 1. The highest BCUT2D eigenvalue weighted by molar-refractivity contribution is 5.82. The minimum absolute atomic E-state index is 0.0593. The Labute approximate surface area is 91.2 Å². The van der Waals surface area contributed by atoms with E-state index in [1.54, 1.807) is 0 Å². The van der Waals surface area contributed by atoms with Gasteiger partial charge in [-0.05, 0) is 32.2 Å². The SMILES string of the molecule is N[C@@H]1CCCN(C(=O)[C@H]2CCCCN2)C1. The van der Waals surface area contributed by atoms with E-state index in [2.05, 4.69) is 5.32 Å². The van der Waals surface area contributed by atoms with E-state index < -0.39 is 0 Å². The first-order valence-corrected chi connectivity index (χ1v) is 6.05. The Bertz CT molecular complexity index is 226. The van der Waals surface area contributed by atoms with Gasteiger partial charge >= 0.3 is 0 Å². The fraction of sp³-hybridized carbons (Fsp3) is 0.909. The van der Waals surface area contributed by atoms with E-state index in [1.807, 2.05) is 4.90 Å². The highest BCUT2D eigenvalue weighted by Crippen LogP contribution is 2.14. The van der Waals surface area contributed by atoms with Gasteiger partial charge in [0, 0.05) is 19.1 Å². The van der Waals surface area contributed by atoms with E-state index >= 15 is 0 Å². The molecule has 0 aliphatic carbocycles. The van der Waals surface area contributed by atoms with Gasteiger partial charge in [-0.3, -0.25) is 4.79 Å². The molecule has 2 atom stereocenters. The van der Waals surface area contributed by atoms with Crippen LogP contribution in [0.5, 0.6) is 0 Å². The smallest absolute Gasteiger partial charge is 0.239 e. The standard InChI is InChI=1S/C11H21N3O/c12-9-4-3-7-14(8-9)11(15)10-5-1-2-6-13-10/h9-10,13H,1-8,12H2/t9-,10-/m1/s1. The first kappa shape index (κ1) is 10.9. The van der Waals surface area contributed by atoms with Crippen molar-refractivity contribution in [3.63, 3.8) is 0 Å². The number of hydrogen-bond acceptors (Lipinski definition) is 3. The van der Waals surface area contributed by atoms with Gasteiger partial charge in [0.1, 0.15) is 0 Å².